The first-order valence-corrected chi connectivity index (χ1v) is 9.75. The van der Waals surface area contributed by atoms with Gasteiger partial charge in [-0.3, -0.25) is 14.7 Å². The Labute approximate surface area is 167 Å². The largest absolute Gasteiger partial charge is 0.484 e. The molecule has 0 radical (unpaired) electrons. The fourth-order valence-corrected chi connectivity index (χ4v) is 3.82. The number of pyridine rings is 1. The zero-order valence-electron chi connectivity index (χ0n) is 15.4. The number of amides is 1. The fourth-order valence-electron chi connectivity index (χ4n) is 2.84. The molecule has 0 saturated heterocycles. The number of aromatic nitrogens is 2. The summed E-state index contributed by atoms with van der Waals surface area (Å²) in [5.41, 5.74) is 2.90. The van der Waals surface area contributed by atoms with Crippen molar-refractivity contribution in [2.24, 2.45) is 0 Å². The van der Waals surface area contributed by atoms with Crippen LogP contribution in [0.15, 0.2) is 73.1 Å². The summed E-state index contributed by atoms with van der Waals surface area (Å²) in [7, 11) is 0. The lowest BCUT2D eigenvalue weighted by molar-refractivity contribution is -0.120. The molecule has 0 atom stereocenters. The number of para-hydroxylation sites is 1. The highest BCUT2D eigenvalue weighted by Crippen LogP contribution is 2.29. The van der Waals surface area contributed by atoms with E-state index in [1.54, 1.807) is 17.3 Å². The summed E-state index contributed by atoms with van der Waals surface area (Å²) in [6.07, 6.45) is 3.48. The maximum absolute atomic E-state index is 13.0. The number of hydrogen-bond donors (Lipinski definition) is 0. The molecule has 0 fully saturated rings. The molecule has 28 heavy (non-hydrogen) atoms. The maximum atomic E-state index is 13.0. The Balaban J connectivity index is 1.59. The van der Waals surface area contributed by atoms with Gasteiger partial charge in [-0.1, -0.05) is 41.7 Å². The highest BCUT2D eigenvalue weighted by Gasteiger charge is 2.21. The third-order valence-corrected chi connectivity index (χ3v) is 5.29. The number of anilines is 1. The Morgan fingerprint density at radius 3 is 2.79 bits per heavy atom. The number of benzene rings is 2. The lowest BCUT2D eigenvalue weighted by atomic mass is 10.2. The number of fused-ring (bicyclic) bond motifs is 1. The molecule has 0 aliphatic rings. The van der Waals surface area contributed by atoms with Crippen LogP contribution >= 0.6 is 11.3 Å². The molecule has 0 aliphatic carbocycles. The van der Waals surface area contributed by atoms with Crippen LogP contribution in [0.1, 0.15) is 11.1 Å². The van der Waals surface area contributed by atoms with Gasteiger partial charge in [-0.2, -0.15) is 0 Å². The van der Waals surface area contributed by atoms with E-state index in [0.717, 1.165) is 21.3 Å². The van der Waals surface area contributed by atoms with Gasteiger partial charge in [-0.15, -0.1) is 0 Å². The second-order valence-electron chi connectivity index (χ2n) is 6.41. The van der Waals surface area contributed by atoms with Crippen molar-refractivity contribution in [3.05, 3.63) is 84.2 Å². The number of nitrogens with zero attached hydrogens (tertiary/aromatic N) is 3. The molecule has 4 aromatic rings. The Kier molecular flexibility index (Phi) is 5.30. The summed E-state index contributed by atoms with van der Waals surface area (Å²) in [6.45, 7) is 2.33. The summed E-state index contributed by atoms with van der Waals surface area (Å²) in [4.78, 5) is 23.5. The van der Waals surface area contributed by atoms with E-state index in [1.165, 1.54) is 11.3 Å². The van der Waals surface area contributed by atoms with Crippen LogP contribution in [0.2, 0.25) is 0 Å². The Bertz CT molecular complexity index is 1060. The van der Waals surface area contributed by atoms with Gasteiger partial charge in [-0.05, 0) is 48.4 Å². The fraction of sp³-hybridized carbons (Fsp3) is 0.136. The first kappa shape index (κ1) is 18.1. The van der Waals surface area contributed by atoms with E-state index in [9.17, 15) is 4.79 Å². The number of thiazole rings is 1. The predicted molar refractivity (Wildman–Crippen MR) is 112 cm³/mol. The number of carbonyl (C=O) groups excluding carboxylic acids is 1. The van der Waals surface area contributed by atoms with E-state index >= 15 is 0 Å². The molecule has 0 N–H and O–H groups in total. The van der Waals surface area contributed by atoms with Gasteiger partial charge in [0, 0.05) is 12.4 Å². The Hall–Kier alpha value is -3.25. The first-order chi connectivity index (χ1) is 13.7. The minimum Gasteiger partial charge on any atom is -0.484 e. The molecule has 5 nitrogen and oxygen atoms in total. The predicted octanol–water partition coefficient (Wildman–Crippen LogP) is 4.61. The lowest BCUT2D eigenvalue weighted by Gasteiger charge is -2.20. The van der Waals surface area contributed by atoms with Crippen molar-refractivity contribution in [1.82, 2.24) is 9.97 Å². The highest BCUT2D eigenvalue weighted by molar-refractivity contribution is 7.22. The standard InChI is InChI=1S/C22H19N3O2S/c1-16-6-4-8-18(12-16)27-15-21(26)25(14-17-7-5-11-23-13-17)22-24-19-9-2-3-10-20(19)28-22/h2-13H,14-15H2,1H3. The van der Waals surface area contributed by atoms with E-state index in [1.807, 2.05) is 67.6 Å². The maximum Gasteiger partial charge on any atom is 0.267 e. The molecule has 2 aromatic carbocycles. The van der Waals surface area contributed by atoms with Crippen molar-refractivity contribution in [2.45, 2.75) is 13.5 Å². The minimum atomic E-state index is -0.149. The van der Waals surface area contributed by atoms with E-state index in [0.29, 0.717) is 17.4 Å². The average Bonchev–Trinajstić information content (AvgIpc) is 3.15. The molecule has 0 unspecified atom stereocenters. The normalized spacial score (nSPS) is 10.8. The van der Waals surface area contributed by atoms with Crippen molar-refractivity contribution in [3.8, 4) is 5.75 Å². The zero-order chi connectivity index (χ0) is 19.3. The second kappa shape index (κ2) is 8.19. The second-order valence-corrected chi connectivity index (χ2v) is 7.42. The van der Waals surface area contributed by atoms with Gasteiger partial charge in [0.05, 0.1) is 16.8 Å². The molecule has 4 rings (SSSR count). The molecule has 6 heteroatoms. The SMILES string of the molecule is Cc1cccc(OCC(=O)N(Cc2cccnc2)c2nc3ccccc3s2)c1. The summed E-state index contributed by atoms with van der Waals surface area (Å²) < 4.78 is 6.78. The van der Waals surface area contributed by atoms with Crippen LogP contribution in [-0.4, -0.2) is 22.5 Å². The van der Waals surface area contributed by atoms with Crippen LogP contribution in [0.3, 0.4) is 0 Å². The first-order valence-electron chi connectivity index (χ1n) is 8.93. The van der Waals surface area contributed by atoms with Crippen LogP contribution in [0.5, 0.6) is 5.75 Å². The number of rotatable bonds is 6. The smallest absolute Gasteiger partial charge is 0.267 e. The number of ether oxygens (including phenoxy) is 1. The van der Waals surface area contributed by atoms with Crippen molar-refractivity contribution in [3.63, 3.8) is 0 Å². The van der Waals surface area contributed by atoms with Crippen LogP contribution in [-0.2, 0) is 11.3 Å². The van der Waals surface area contributed by atoms with E-state index < -0.39 is 0 Å². The van der Waals surface area contributed by atoms with Gasteiger partial charge in [-0.25, -0.2) is 4.98 Å². The number of carbonyl (C=O) groups is 1. The van der Waals surface area contributed by atoms with E-state index in [4.69, 9.17) is 4.74 Å². The molecule has 2 aromatic heterocycles. The summed E-state index contributed by atoms with van der Waals surface area (Å²) in [5, 5.41) is 0.655. The molecule has 1 amide bonds. The minimum absolute atomic E-state index is 0.0559. The third kappa shape index (κ3) is 4.18. The monoisotopic (exact) mass is 389 g/mol. The summed E-state index contributed by atoms with van der Waals surface area (Å²) in [5.74, 6) is 0.531. The van der Waals surface area contributed by atoms with Crippen molar-refractivity contribution in [1.29, 1.82) is 0 Å². The molecular formula is C22H19N3O2S. The Morgan fingerprint density at radius 2 is 2.00 bits per heavy atom. The van der Waals surface area contributed by atoms with Crippen molar-refractivity contribution < 1.29 is 9.53 Å². The van der Waals surface area contributed by atoms with Gasteiger partial charge in [0.25, 0.3) is 5.91 Å². The summed E-state index contributed by atoms with van der Waals surface area (Å²) >= 11 is 1.50. The van der Waals surface area contributed by atoms with Crippen LogP contribution in [0, 0.1) is 6.92 Å². The van der Waals surface area contributed by atoms with E-state index in [2.05, 4.69) is 9.97 Å². The van der Waals surface area contributed by atoms with Gasteiger partial charge in [0.2, 0.25) is 0 Å². The zero-order valence-corrected chi connectivity index (χ0v) is 16.2. The molecule has 140 valence electrons. The van der Waals surface area contributed by atoms with E-state index in [-0.39, 0.29) is 12.5 Å². The third-order valence-electron chi connectivity index (χ3n) is 4.23. The molecule has 0 aliphatic heterocycles. The molecular weight excluding hydrogens is 370 g/mol. The molecule has 0 spiro atoms. The van der Waals surface area contributed by atoms with Crippen molar-refractivity contribution in [2.75, 3.05) is 11.5 Å². The molecule has 0 saturated carbocycles. The van der Waals surface area contributed by atoms with Gasteiger partial charge >= 0.3 is 0 Å². The van der Waals surface area contributed by atoms with Gasteiger partial charge in [0.15, 0.2) is 11.7 Å². The van der Waals surface area contributed by atoms with Crippen LogP contribution in [0.25, 0.3) is 10.2 Å². The summed E-state index contributed by atoms with van der Waals surface area (Å²) in [6, 6.07) is 19.3. The molecule has 0 bridgehead atoms. The topological polar surface area (TPSA) is 55.3 Å². The number of aryl methyl sites for hydroxylation is 1. The quantitative estimate of drug-likeness (QED) is 0.483. The van der Waals surface area contributed by atoms with Gasteiger partial charge in [0.1, 0.15) is 5.75 Å². The Morgan fingerprint density at radius 1 is 1.11 bits per heavy atom. The number of hydrogen-bond acceptors (Lipinski definition) is 5. The highest BCUT2D eigenvalue weighted by atomic mass is 32.1. The average molecular weight is 389 g/mol. The lowest BCUT2D eigenvalue weighted by Crippen LogP contribution is -2.34. The van der Waals surface area contributed by atoms with Crippen LogP contribution < -0.4 is 9.64 Å². The van der Waals surface area contributed by atoms with Crippen LogP contribution in [0.4, 0.5) is 5.13 Å². The van der Waals surface area contributed by atoms with Crippen molar-refractivity contribution >= 4 is 32.6 Å². The molecule has 2 heterocycles. The van der Waals surface area contributed by atoms with Gasteiger partial charge < -0.3 is 4.74 Å².